The van der Waals surface area contributed by atoms with Crippen LogP contribution < -0.4 is 10.6 Å². The Labute approximate surface area is 201 Å². The molecule has 0 spiro atoms. The first-order valence-corrected chi connectivity index (χ1v) is 11.5. The Kier molecular flexibility index (Phi) is 8.08. The largest absolute Gasteiger partial charge is 0.468 e. The number of allylic oxidation sites excluding steroid dienone is 1. The van der Waals surface area contributed by atoms with Gasteiger partial charge in [0.2, 0.25) is 11.8 Å². The van der Waals surface area contributed by atoms with Gasteiger partial charge in [0.05, 0.1) is 29.5 Å². The lowest BCUT2D eigenvalue weighted by Crippen LogP contribution is -2.44. The lowest BCUT2D eigenvalue weighted by Gasteiger charge is -2.31. The predicted octanol–water partition coefficient (Wildman–Crippen LogP) is 4.06. The minimum absolute atomic E-state index is 0.111. The maximum absolute atomic E-state index is 13.1. The summed E-state index contributed by atoms with van der Waals surface area (Å²) in [5, 5.41) is 15.4. The molecule has 9 heteroatoms. The van der Waals surface area contributed by atoms with Gasteiger partial charge in [0, 0.05) is 11.6 Å². The zero-order valence-corrected chi connectivity index (χ0v) is 19.7. The number of anilines is 1. The van der Waals surface area contributed by atoms with Gasteiger partial charge in [-0.2, -0.15) is 5.26 Å². The van der Waals surface area contributed by atoms with Crippen molar-refractivity contribution in [2.75, 3.05) is 18.2 Å². The molecule has 2 amide bonds. The topological polar surface area (TPSA) is 108 Å². The summed E-state index contributed by atoms with van der Waals surface area (Å²) in [6.45, 7) is 4.10. The van der Waals surface area contributed by atoms with Crippen molar-refractivity contribution < 1.29 is 23.5 Å². The molecule has 7 nitrogen and oxygen atoms in total. The Morgan fingerprint density at radius 1 is 1.18 bits per heavy atom. The SMILES string of the molecule is COC(=O)[C@@H]1C(=O)NC(SCC(=O)Nc2ccc(F)cc2)=C(C#N)[C@H]1c1ccc(C(C)C)cc1. The average molecular weight is 482 g/mol. The van der Waals surface area contributed by atoms with Crippen LogP contribution in [0.5, 0.6) is 0 Å². The normalized spacial score (nSPS) is 17.7. The van der Waals surface area contributed by atoms with Crippen LogP contribution in [0.1, 0.15) is 36.8 Å². The van der Waals surface area contributed by atoms with E-state index in [4.69, 9.17) is 4.74 Å². The monoisotopic (exact) mass is 481 g/mol. The van der Waals surface area contributed by atoms with E-state index in [0.717, 1.165) is 17.3 Å². The minimum atomic E-state index is -1.23. The number of halogens is 1. The summed E-state index contributed by atoms with van der Waals surface area (Å²) >= 11 is 0.979. The molecule has 0 saturated heterocycles. The van der Waals surface area contributed by atoms with Crippen molar-refractivity contribution in [2.24, 2.45) is 5.92 Å². The highest BCUT2D eigenvalue weighted by atomic mass is 32.2. The lowest BCUT2D eigenvalue weighted by molar-refractivity contribution is -0.150. The van der Waals surface area contributed by atoms with Crippen molar-refractivity contribution >= 4 is 35.2 Å². The van der Waals surface area contributed by atoms with E-state index in [2.05, 4.69) is 16.7 Å². The zero-order chi connectivity index (χ0) is 24.8. The maximum atomic E-state index is 13.1. The molecule has 1 aliphatic rings. The van der Waals surface area contributed by atoms with Gasteiger partial charge in [-0.1, -0.05) is 49.9 Å². The second kappa shape index (κ2) is 11.0. The first-order chi connectivity index (χ1) is 16.2. The van der Waals surface area contributed by atoms with Crippen molar-refractivity contribution in [3.63, 3.8) is 0 Å². The van der Waals surface area contributed by atoms with Crippen molar-refractivity contribution in [2.45, 2.75) is 25.7 Å². The Hall–Kier alpha value is -3.64. The number of nitrogens with one attached hydrogen (secondary N) is 2. The summed E-state index contributed by atoms with van der Waals surface area (Å²) in [5.74, 6) is -4.09. The molecule has 176 valence electrons. The van der Waals surface area contributed by atoms with Gasteiger partial charge in [-0.25, -0.2) is 4.39 Å². The number of hydrogen-bond acceptors (Lipinski definition) is 6. The third-order valence-electron chi connectivity index (χ3n) is 5.42. The molecular formula is C25H24FN3O4S. The number of thioether (sulfide) groups is 1. The van der Waals surface area contributed by atoms with Gasteiger partial charge in [0.1, 0.15) is 11.7 Å². The number of rotatable bonds is 7. The number of ether oxygens (including phenoxy) is 1. The van der Waals surface area contributed by atoms with E-state index < -0.39 is 35.4 Å². The molecule has 0 fully saturated rings. The summed E-state index contributed by atoms with van der Waals surface area (Å²) in [6, 6.07) is 14.8. The molecule has 0 aliphatic carbocycles. The summed E-state index contributed by atoms with van der Waals surface area (Å²) in [6.07, 6.45) is 0. The number of carbonyl (C=O) groups is 3. The van der Waals surface area contributed by atoms with Crippen molar-refractivity contribution in [1.82, 2.24) is 5.32 Å². The Bertz CT molecular complexity index is 1150. The second-order valence-electron chi connectivity index (χ2n) is 7.99. The van der Waals surface area contributed by atoms with Crippen molar-refractivity contribution in [3.05, 3.63) is 76.1 Å². The molecule has 2 N–H and O–H groups in total. The quantitative estimate of drug-likeness (QED) is 0.456. The molecule has 1 heterocycles. The van der Waals surface area contributed by atoms with E-state index in [1.807, 2.05) is 26.0 Å². The second-order valence-corrected chi connectivity index (χ2v) is 8.97. The van der Waals surface area contributed by atoms with Gasteiger partial charge >= 0.3 is 5.97 Å². The molecule has 0 unspecified atom stereocenters. The van der Waals surface area contributed by atoms with E-state index in [1.54, 1.807) is 12.1 Å². The van der Waals surface area contributed by atoms with Crippen LogP contribution in [0.4, 0.5) is 10.1 Å². The van der Waals surface area contributed by atoms with Crippen LogP contribution in [0, 0.1) is 23.1 Å². The molecule has 0 radical (unpaired) electrons. The van der Waals surface area contributed by atoms with Gasteiger partial charge in [0.15, 0.2) is 0 Å². The number of amides is 2. The molecule has 1 aliphatic heterocycles. The highest BCUT2D eigenvalue weighted by molar-refractivity contribution is 8.03. The van der Waals surface area contributed by atoms with E-state index in [1.165, 1.54) is 31.4 Å². The first-order valence-electron chi connectivity index (χ1n) is 10.6. The number of benzene rings is 2. The Morgan fingerprint density at radius 3 is 2.38 bits per heavy atom. The molecule has 0 saturated carbocycles. The molecular weight excluding hydrogens is 457 g/mol. The number of nitrogens with zero attached hydrogens (tertiary/aromatic N) is 1. The minimum Gasteiger partial charge on any atom is -0.468 e. The van der Waals surface area contributed by atoms with Crippen molar-refractivity contribution in [1.29, 1.82) is 5.26 Å². The maximum Gasteiger partial charge on any atom is 0.319 e. The van der Waals surface area contributed by atoms with Crippen LogP contribution in [0.15, 0.2) is 59.1 Å². The fourth-order valence-electron chi connectivity index (χ4n) is 3.64. The number of carbonyl (C=O) groups excluding carboxylic acids is 3. The van der Waals surface area contributed by atoms with Crippen molar-refractivity contribution in [3.8, 4) is 6.07 Å². The smallest absolute Gasteiger partial charge is 0.319 e. The Balaban J connectivity index is 1.89. The summed E-state index contributed by atoms with van der Waals surface area (Å²) in [7, 11) is 1.19. The first kappa shape index (κ1) is 25.0. The fraction of sp³-hybridized carbons (Fsp3) is 0.280. The standard InChI is InChI=1S/C25H24FN3O4S/c1-14(2)15-4-6-16(7-5-15)21-19(12-27)24(29-23(31)22(21)25(32)33-3)34-13-20(30)28-18-10-8-17(26)9-11-18/h4-11,14,21-22H,13H2,1-3H3,(H,28,30)(H,29,31)/t21-,22+/m1/s1. The van der Waals surface area contributed by atoms with Gasteiger partial charge in [-0.15, -0.1) is 0 Å². The molecule has 0 aromatic heterocycles. The van der Waals surface area contributed by atoms with Crippen LogP contribution in [-0.4, -0.2) is 30.6 Å². The zero-order valence-electron chi connectivity index (χ0n) is 18.9. The van der Waals surface area contributed by atoms with Crippen LogP contribution >= 0.6 is 11.8 Å². The molecule has 0 bridgehead atoms. The molecule has 3 rings (SSSR count). The fourth-order valence-corrected chi connectivity index (χ4v) is 4.48. The van der Waals surface area contributed by atoms with E-state index in [9.17, 15) is 24.0 Å². The van der Waals surface area contributed by atoms with Gasteiger partial charge < -0.3 is 15.4 Å². The van der Waals surface area contributed by atoms with Crippen LogP contribution in [0.25, 0.3) is 0 Å². The number of methoxy groups -OCH3 is 1. The van der Waals surface area contributed by atoms with E-state index in [-0.39, 0.29) is 22.3 Å². The van der Waals surface area contributed by atoms with Gasteiger partial charge in [-0.05, 0) is 41.3 Å². The third kappa shape index (κ3) is 5.64. The summed E-state index contributed by atoms with van der Waals surface area (Å²) in [4.78, 5) is 37.7. The molecule has 2 atom stereocenters. The predicted molar refractivity (Wildman–Crippen MR) is 127 cm³/mol. The van der Waals surface area contributed by atoms with Crippen LogP contribution in [0.2, 0.25) is 0 Å². The van der Waals surface area contributed by atoms with Crippen LogP contribution in [-0.2, 0) is 19.1 Å². The highest BCUT2D eigenvalue weighted by Crippen LogP contribution is 2.40. The van der Waals surface area contributed by atoms with E-state index in [0.29, 0.717) is 11.3 Å². The summed E-state index contributed by atoms with van der Waals surface area (Å²) < 4.78 is 17.9. The number of esters is 1. The number of hydrogen-bond donors (Lipinski definition) is 2. The molecule has 34 heavy (non-hydrogen) atoms. The summed E-state index contributed by atoms with van der Waals surface area (Å²) in [5.41, 5.74) is 2.29. The average Bonchev–Trinajstić information content (AvgIpc) is 2.83. The number of nitriles is 1. The Morgan fingerprint density at radius 2 is 1.82 bits per heavy atom. The van der Waals surface area contributed by atoms with Gasteiger partial charge in [-0.3, -0.25) is 14.4 Å². The molecule has 2 aromatic rings. The van der Waals surface area contributed by atoms with E-state index >= 15 is 0 Å². The van der Waals surface area contributed by atoms with Crippen LogP contribution in [0.3, 0.4) is 0 Å². The highest BCUT2D eigenvalue weighted by Gasteiger charge is 2.44. The lowest BCUT2D eigenvalue weighted by atomic mass is 9.78. The molecule has 2 aromatic carbocycles. The third-order valence-corrected chi connectivity index (χ3v) is 6.44. The van der Waals surface area contributed by atoms with Gasteiger partial charge in [0.25, 0.3) is 0 Å².